The van der Waals surface area contributed by atoms with Crippen LogP contribution in [0, 0.1) is 5.82 Å². The maximum absolute atomic E-state index is 13.3. The fraction of sp³-hybridized carbons (Fsp3) is 0.0625. The molecule has 0 saturated heterocycles. The Balaban J connectivity index is 1.82. The Morgan fingerprint density at radius 1 is 1.24 bits per heavy atom. The largest absolute Gasteiger partial charge is 0.478 e. The van der Waals surface area contributed by atoms with Gasteiger partial charge >= 0.3 is 5.97 Å². The van der Waals surface area contributed by atoms with Crippen LogP contribution in [0.1, 0.15) is 15.9 Å². The molecule has 3 rings (SSSR count). The van der Waals surface area contributed by atoms with Gasteiger partial charge < -0.3 is 10.4 Å². The minimum absolute atomic E-state index is 0.324. The first-order valence-corrected chi connectivity index (χ1v) is 7.25. The number of rotatable bonds is 4. The molecule has 0 spiro atoms. The maximum atomic E-state index is 13.3. The summed E-state index contributed by atoms with van der Waals surface area (Å²) in [7, 11) is 0. The predicted octanol–water partition coefficient (Wildman–Crippen LogP) is 4.35. The lowest BCUT2D eigenvalue weighted by Crippen LogP contribution is -2.04. The lowest BCUT2D eigenvalue weighted by molar-refractivity contribution is 0.0692. The smallest absolute Gasteiger partial charge is 0.338 e. The molecule has 3 aromatic rings. The Morgan fingerprint density at radius 3 is 2.86 bits per heavy atom. The molecule has 0 aliphatic carbocycles. The predicted molar refractivity (Wildman–Crippen MR) is 82.5 cm³/mol. The molecule has 0 unspecified atom stereocenters. The van der Waals surface area contributed by atoms with E-state index in [0.717, 1.165) is 11.6 Å². The van der Waals surface area contributed by atoms with Crippen molar-refractivity contribution in [1.29, 1.82) is 0 Å². The van der Waals surface area contributed by atoms with Crippen LogP contribution in [0.4, 0.5) is 10.1 Å². The number of benzene rings is 2. The lowest BCUT2D eigenvalue weighted by Gasteiger charge is -2.07. The van der Waals surface area contributed by atoms with Crippen LogP contribution in [0.5, 0.6) is 0 Å². The van der Waals surface area contributed by atoms with Crippen LogP contribution < -0.4 is 5.32 Å². The summed E-state index contributed by atoms with van der Waals surface area (Å²) in [6, 6.07) is 12.1. The third-order valence-corrected chi connectivity index (χ3v) is 4.25. The highest BCUT2D eigenvalue weighted by Gasteiger charge is 2.11. The number of fused-ring (bicyclic) bond motifs is 1. The van der Waals surface area contributed by atoms with Crippen LogP contribution in [0.25, 0.3) is 10.1 Å². The number of aromatic carboxylic acids is 1. The molecule has 1 aromatic heterocycles. The number of carbonyl (C=O) groups is 1. The van der Waals surface area contributed by atoms with E-state index in [0.29, 0.717) is 12.2 Å². The number of hydrogen-bond donors (Lipinski definition) is 2. The van der Waals surface area contributed by atoms with E-state index in [1.54, 1.807) is 11.3 Å². The van der Waals surface area contributed by atoms with Crippen molar-refractivity contribution in [2.75, 3.05) is 5.32 Å². The molecular formula is C16H12FNO2S. The van der Waals surface area contributed by atoms with Gasteiger partial charge in [0.25, 0.3) is 0 Å². The van der Waals surface area contributed by atoms with Gasteiger partial charge in [-0.3, -0.25) is 0 Å². The molecule has 1 heterocycles. The van der Waals surface area contributed by atoms with E-state index < -0.39 is 11.8 Å². The van der Waals surface area contributed by atoms with Crippen LogP contribution in [-0.4, -0.2) is 11.1 Å². The number of carboxylic acid groups (broad SMARTS) is 1. The minimum atomic E-state index is -1.27. The second kappa shape index (κ2) is 5.54. The van der Waals surface area contributed by atoms with Gasteiger partial charge in [0, 0.05) is 16.9 Å². The highest BCUT2D eigenvalue weighted by molar-refractivity contribution is 7.17. The number of halogens is 1. The highest BCUT2D eigenvalue weighted by atomic mass is 32.1. The molecule has 0 fully saturated rings. The van der Waals surface area contributed by atoms with E-state index in [-0.39, 0.29) is 5.56 Å². The SMILES string of the molecule is O=C(O)c1cc(NCc2csc3ccccc23)ccc1F. The fourth-order valence-corrected chi connectivity index (χ4v) is 3.13. The first-order valence-electron chi connectivity index (χ1n) is 6.37. The van der Waals surface area contributed by atoms with Gasteiger partial charge in [-0.25, -0.2) is 9.18 Å². The molecule has 2 N–H and O–H groups in total. The van der Waals surface area contributed by atoms with Gasteiger partial charge in [0.1, 0.15) is 5.82 Å². The Labute approximate surface area is 124 Å². The number of anilines is 1. The summed E-state index contributed by atoms with van der Waals surface area (Å²) in [6.07, 6.45) is 0. The normalized spacial score (nSPS) is 10.7. The van der Waals surface area contributed by atoms with Gasteiger partial charge in [0.05, 0.1) is 5.56 Å². The summed E-state index contributed by atoms with van der Waals surface area (Å²) < 4.78 is 14.5. The summed E-state index contributed by atoms with van der Waals surface area (Å²) in [5, 5.41) is 15.3. The Hall–Kier alpha value is -2.40. The van der Waals surface area contributed by atoms with E-state index in [2.05, 4.69) is 22.8 Å². The third-order valence-electron chi connectivity index (χ3n) is 3.24. The topological polar surface area (TPSA) is 49.3 Å². The van der Waals surface area contributed by atoms with Gasteiger partial charge in [0.15, 0.2) is 0 Å². The van der Waals surface area contributed by atoms with Gasteiger partial charge in [-0.05, 0) is 40.6 Å². The molecule has 0 atom stereocenters. The van der Waals surface area contributed by atoms with E-state index >= 15 is 0 Å². The molecule has 2 aromatic carbocycles. The molecule has 0 radical (unpaired) electrons. The third kappa shape index (κ3) is 2.73. The minimum Gasteiger partial charge on any atom is -0.478 e. The van der Waals surface area contributed by atoms with Crippen molar-refractivity contribution in [2.45, 2.75) is 6.54 Å². The average molecular weight is 301 g/mol. The van der Waals surface area contributed by atoms with E-state index in [4.69, 9.17) is 5.11 Å². The van der Waals surface area contributed by atoms with Crippen LogP contribution in [-0.2, 0) is 6.54 Å². The summed E-state index contributed by atoms with van der Waals surface area (Å²) in [5.41, 5.74) is 1.40. The number of thiophene rings is 1. The molecule has 5 heteroatoms. The zero-order chi connectivity index (χ0) is 14.8. The number of carboxylic acids is 1. The molecular weight excluding hydrogens is 289 g/mol. The van der Waals surface area contributed by atoms with Crippen molar-refractivity contribution in [1.82, 2.24) is 0 Å². The van der Waals surface area contributed by atoms with Gasteiger partial charge in [-0.2, -0.15) is 0 Å². The molecule has 0 amide bonds. The van der Waals surface area contributed by atoms with Crippen molar-refractivity contribution in [2.24, 2.45) is 0 Å². The van der Waals surface area contributed by atoms with Crippen molar-refractivity contribution in [3.05, 3.63) is 64.8 Å². The molecule has 106 valence electrons. The van der Waals surface area contributed by atoms with Crippen LogP contribution >= 0.6 is 11.3 Å². The van der Waals surface area contributed by atoms with Gasteiger partial charge in [-0.15, -0.1) is 11.3 Å². The van der Waals surface area contributed by atoms with Crippen LogP contribution in [0.15, 0.2) is 47.8 Å². The van der Waals surface area contributed by atoms with Crippen molar-refractivity contribution >= 4 is 33.1 Å². The summed E-state index contributed by atoms with van der Waals surface area (Å²) in [6.45, 7) is 0.564. The monoisotopic (exact) mass is 301 g/mol. The second-order valence-electron chi connectivity index (χ2n) is 4.61. The summed E-state index contributed by atoms with van der Waals surface area (Å²) in [4.78, 5) is 10.9. The summed E-state index contributed by atoms with van der Waals surface area (Å²) in [5.74, 6) is -1.99. The van der Waals surface area contributed by atoms with Crippen LogP contribution in [0.3, 0.4) is 0 Å². The number of hydrogen-bond acceptors (Lipinski definition) is 3. The van der Waals surface area contributed by atoms with Crippen LogP contribution in [0.2, 0.25) is 0 Å². The van der Waals surface area contributed by atoms with Crippen molar-refractivity contribution < 1.29 is 14.3 Å². The molecule has 0 aliphatic rings. The maximum Gasteiger partial charge on any atom is 0.338 e. The molecule has 0 saturated carbocycles. The van der Waals surface area contributed by atoms with E-state index in [9.17, 15) is 9.18 Å². The fourth-order valence-electron chi connectivity index (χ4n) is 2.17. The Kier molecular flexibility index (Phi) is 3.58. The molecule has 0 bridgehead atoms. The van der Waals surface area contributed by atoms with Gasteiger partial charge in [0.2, 0.25) is 0 Å². The van der Waals surface area contributed by atoms with Gasteiger partial charge in [-0.1, -0.05) is 18.2 Å². The number of nitrogens with one attached hydrogen (secondary N) is 1. The summed E-state index contributed by atoms with van der Waals surface area (Å²) >= 11 is 1.67. The quantitative estimate of drug-likeness (QED) is 0.753. The zero-order valence-corrected chi connectivity index (χ0v) is 11.8. The lowest BCUT2D eigenvalue weighted by atomic mass is 10.1. The molecule has 21 heavy (non-hydrogen) atoms. The molecule has 0 aliphatic heterocycles. The standard InChI is InChI=1S/C16H12FNO2S/c17-14-6-5-11(7-13(14)16(19)20)18-8-10-9-21-15-4-2-1-3-12(10)15/h1-7,9,18H,8H2,(H,19,20). The average Bonchev–Trinajstić information content (AvgIpc) is 2.89. The highest BCUT2D eigenvalue weighted by Crippen LogP contribution is 2.26. The Bertz CT molecular complexity index is 813. The van der Waals surface area contributed by atoms with E-state index in [1.807, 2.05) is 12.1 Å². The molecule has 3 nitrogen and oxygen atoms in total. The zero-order valence-electron chi connectivity index (χ0n) is 11.0. The first-order chi connectivity index (χ1) is 10.1. The Morgan fingerprint density at radius 2 is 2.05 bits per heavy atom. The van der Waals surface area contributed by atoms with Crippen molar-refractivity contribution in [3.63, 3.8) is 0 Å². The van der Waals surface area contributed by atoms with E-state index in [1.165, 1.54) is 22.2 Å². The second-order valence-corrected chi connectivity index (χ2v) is 5.52. The van der Waals surface area contributed by atoms with Crippen molar-refractivity contribution in [3.8, 4) is 0 Å². The first kappa shape index (κ1) is 13.6.